The van der Waals surface area contributed by atoms with E-state index >= 15 is 0 Å². The van der Waals surface area contributed by atoms with Crippen LogP contribution in [0.2, 0.25) is 5.02 Å². The van der Waals surface area contributed by atoms with Crippen LogP contribution in [0.3, 0.4) is 0 Å². The molecule has 0 radical (unpaired) electrons. The van der Waals surface area contributed by atoms with Gasteiger partial charge in [0.25, 0.3) is 0 Å². The van der Waals surface area contributed by atoms with Crippen molar-refractivity contribution in [3.63, 3.8) is 0 Å². The first-order valence-corrected chi connectivity index (χ1v) is 7.39. The van der Waals surface area contributed by atoms with E-state index < -0.39 is 0 Å². The topological polar surface area (TPSA) is 45.7 Å². The highest BCUT2D eigenvalue weighted by Crippen LogP contribution is 2.10. The van der Waals surface area contributed by atoms with Gasteiger partial charge in [0, 0.05) is 31.8 Å². The Morgan fingerprint density at radius 3 is 2.57 bits per heavy atom. The minimum Gasteiger partial charge on any atom is -0.383 e. The maximum Gasteiger partial charge on any atom is 0.191 e. The van der Waals surface area contributed by atoms with Crippen molar-refractivity contribution in [1.29, 1.82) is 0 Å². The van der Waals surface area contributed by atoms with Crippen molar-refractivity contribution in [3.05, 3.63) is 34.9 Å². The number of nitrogens with zero attached hydrogens (tertiary/aromatic N) is 1. The van der Waals surface area contributed by atoms with Crippen molar-refractivity contribution >= 4 is 41.5 Å². The van der Waals surface area contributed by atoms with Gasteiger partial charge in [0.15, 0.2) is 5.96 Å². The van der Waals surface area contributed by atoms with Gasteiger partial charge in [-0.05, 0) is 37.5 Å². The molecule has 0 unspecified atom stereocenters. The highest BCUT2D eigenvalue weighted by atomic mass is 127. The molecule has 0 atom stereocenters. The third kappa shape index (κ3) is 9.92. The summed E-state index contributed by atoms with van der Waals surface area (Å²) in [6.45, 7) is 5.15. The van der Waals surface area contributed by atoms with Gasteiger partial charge in [0.2, 0.25) is 0 Å². The molecule has 0 saturated heterocycles. The summed E-state index contributed by atoms with van der Waals surface area (Å²) in [4.78, 5) is 4.53. The van der Waals surface area contributed by atoms with Gasteiger partial charge in [-0.2, -0.15) is 0 Å². The molecule has 0 saturated carbocycles. The van der Waals surface area contributed by atoms with E-state index in [1.54, 1.807) is 7.11 Å². The van der Waals surface area contributed by atoms with Gasteiger partial charge in [-0.1, -0.05) is 23.7 Å². The number of aliphatic imine (C=N–C) groups is 1. The second-order valence-electron chi connectivity index (χ2n) is 4.41. The van der Waals surface area contributed by atoms with Crippen LogP contribution in [-0.4, -0.2) is 39.3 Å². The first-order valence-electron chi connectivity index (χ1n) is 7.01. The maximum absolute atomic E-state index is 5.86. The third-order valence-electron chi connectivity index (χ3n) is 2.75. The van der Waals surface area contributed by atoms with Crippen LogP contribution in [0.5, 0.6) is 0 Å². The van der Waals surface area contributed by atoms with Gasteiger partial charge in [-0.25, -0.2) is 0 Å². The van der Waals surface area contributed by atoms with Crippen LogP contribution in [0.25, 0.3) is 0 Å². The molecule has 0 heterocycles. The van der Waals surface area contributed by atoms with Gasteiger partial charge in [0.05, 0.1) is 6.61 Å². The second-order valence-corrected chi connectivity index (χ2v) is 4.85. The molecule has 0 fully saturated rings. The van der Waals surface area contributed by atoms with Crippen LogP contribution in [0.15, 0.2) is 29.3 Å². The molecule has 0 bridgehead atoms. The summed E-state index contributed by atoms with van der Waals surface area (Å²) in [5.41, 5.74) is 1.29. The standard InChI is InChI=1S/C15H24ClN3O.HI/c1-3-17-15(19-11-12-20-2)18-10-4-5-13-6-8-14(16)9-7-13;/h6-9H,3-5,10-12H2,1-2H3,(H2,17,18,19);1H. The summed E-state index contributed by atoms with van der Waals surface area (Å²) in [7, 11) is 1.69. The zero-order chi connectivity index (χ0) is 14.6. The molecule has 0 aliphatic heterocycles. The molecule has 2 N–H and O–H groups in total. The summed E-state index contributed by atoms with van der Waals surface area (Å²) >= 11 is 5.86. The zero-order valence-corrected chi connectivity index (χ0v) is 15.8. The predicted molar refractivity (Wildman–Crippen MR) is 101 cm³/mol. The number of methoxy groups -OCH3 is 1. The zero-order valence-electron chi connectivity index (χ0n) is 12.7. The molecule has 1 rings (SSSR count). The van der Waals surface area contributed by atoms with Gasteiger partial charge >= 0.3 is 0 Å². The highest BCUT2D eigenvalue weighted by molar-refractivity contribution is 14.0. The van der Waals surface area contributed by atoms with E-state index in [0.717, 1.165) is 43.5 Å². The van der Waals surface area contributed by atoms with Crippen LogP contribution < -0.4 is 10.6 Å². The van der Waals surface area contributed by atoms with Crippen LogP contribution in [0.1, 0.15) is 18.9 Å². The van der Waals surface area contributed by atoms with E-state index in [-0.39, 0.29) is 24.0 Å². The molecule has 1 aromatic rings. The Bertz CT molecular complexity index is 398. The SMILES string of the molecule is CCNC(=NCCCc1ccc(Cl)cc1)NCCOC.I. The minimum absolute atomic E-state index is 0. The number of hydrogen-bond acceptors (Lipinski definition) is 2. The number of benzene rings is 1. The molecular weight excluding hydrogens is 401 g/mol. The quantitative estimate of drug-likeness (QED) is 0.291. The third-order valence-corrected chi connectivity index (χ3v) is 3.00. The molecule has 1 aromatic carbocycles. The largest absolute Gasteiger partial charge is 0.383 e. The number of hydrogen-bond donors (Lipinski definition) is 2. The normalized spacial score (nSPS) is 10.9. The maximum atomic E-state index is 5.86. The fourth-order valence-electron chi connectivity index (χ4n) is 1.74. The number of halogens is 2. The van der Waals surface area contributed by atoms with E-state index in [9.17, 15) is 0 Å². The molecule has 0 aliphatic rings. The van der Waals surface area contributed by atoms with Crippen LogP contribution in [-0.2, 0) is 11.2 Å². The van der Waals surface area contributed by atoms with Gasteiger partial charge < -0.3 is 15.4 Å². The number of ether oxygens (including phenoxy) is 1. The van der Waals surface area contributed by atoms with Gasteiger partial charge in [0.1, 0.15) is 0 Å². The molecule has 120 valence electrons. The van der Waals surface area contributed by atoms with E-state index in [1.807, 2.05) is 12.1 Å². The summed E-state index contributed by atoms with van der Waals surface area (Å²) in [6.07, 6.45) is 2.03. The first kappa shape index (κ1) is 20.5. The second kappa shape index (κ2) is 13.2. The number of guanidine groups is 1. The summed E-state index contributed by atoms with van der Waals surface area (Å²) < 4.78 is 5.01. The molecular formula is C15H25ClIN3O. The Morgan fingerprint density at radius 2 is 1.95 bits per heavy atom. The average Bonchev–Trinajstić information content (AvgIpc) is 2.45. The van der Waals surface area contributed by atoms with Crippen LogP contribution >= 0.6 is 35.6 Å². The van der Waals surface area contributed by atoms with Crippen molar-refractivity contribution in [1.82, 2.24) is 10.6 Å². The van der Waals surface area contributed by atoms with Crippen molar-refractivity contribution in [2.24, 2.45) is 4.99 Å². The van der Waals surface area contributed by atoms with Crippen molar-refractivity contribution < 1.29 is 4.74 Å². The number of rotatable bonds is 8. The monoisotopic (exact) mass is 425 g/mol. The molecule has 0 aliphatic carbocycles. The lowest BCUT2D eigenvalue weighted by Gasteiger charge is -2.10. The molecule has 0 aromatic heterocycles. The molecule has 21 heavy (non-hydrogen) atoms. The number of aryl methyl sites for hydroxylation is 1. The molecule has 6 heteroatoms. The Labute approximate surface area is 149 Å². The van der Waals surface area contributed by atoms with E-state index in [1.165, 1.54) is 5.56 Å². The smallest absolute Gasteiger partial charge is 0.191 e. The molecule has 0 spiro atoms. The summed E-state index contributed by atoms with van der Waals surface area (Å²) in [5.74, 6) is 0.848. The number of nitrogens with one attached hydrogen (secondary N) is 2. The fourth-order valence-corrected chi connectivity index (χ4v) is 1.86. The van der Waals surface area contributed by atoms with E-state index in [0.29, 0.717) is 6.61 Å². The van der Waals surface area contributed by atoms with E-state index in [4.69, 9.17) is 16.3 Å². The van der Waals surface area contributed by atoms with Gasteiger partial charge in [-0.15, -0.1) is 24.0 Å². The first-order chi connectivity index (χ1) is 9.76. The van der Waals surface area contributed by atoms with Crippen LogP contribution in [0.4, 0.5) is 0 Å². The molecule has 0 amide bonds. The molecule has 4 nitrogen and oxygen atoms in total. The van der Waals surface area contributed by atoms with E-state index in [2.05, 4.69) is 34.7 Å². The van der Waals surface area contributed by atoms with Gasteiger partial charge in [-0.3, -0.25) is 4.99 Å². The minimum atomic E-state index is 0. The summed E-state index contributed by atoms with van der Waals surface area (Å²) in [6, 6.07) is 7.98. The van der Waals surface area contributed by atoms with Crippen LogP contribution in [0, 0.1) is 0 Å². The fraction of sp³-hybridized carbons (Fsp3) is 0.533. The van der Waals surface area contributed by atoms with Crippen molar-refractivity contribution in [2.45, 2.75) is 19.8 Å². The lowest BCUT2D eigenvalue weighted by molar-refractivity contribution is 0.203. The van der Waals surface area contributed by atoms with Crippen molar-refractivity contribution in [3.8, 4) is 0 Å². The Balaban J connectivity index is 0.00000400. The Hall–Kier alpha value is -0.530. The Kier molecular flexibility index (Phi) is 12.8. The lowest BCUT2D eigenvalue weighted by Crippen LogP contribution is -2.39. The average molecular weight is 426 g/mol. The predicted octanol–water partition coefficient (Wildman–Crippen LogP) is 3.09. The summed E-state index contributed by atoms with van der Waals surface area (Å²) in [5, 5.41) is 7.22. The Morgan fingerprint density at radius 1 is 1.24 bits per heavy atom. The van der Waals surface area contributed by atoms with Crippen molar-refractivity contribution in [2.75, 3.05) is 33.4 Å². The lowest BCUT2D eigenvalue weighted by atomic mass is 10.1. The highest BCUT2D eigenvalue weighted by Gasteiger charge is 1.97.